The molecule has 90 valence electrons. The molecule has 0 radical (unpaired) electrons. The Morgan fingerprint density at radius 1 is 1.65 bits per heavy atom. The summed E-state index contributed by atoms with van der Waals surface area (Å²) in [5, 5.41) is 10.9. The SMILES string of the molecule is COc1ncc(C(C)C)cc1C(=O)NCC#N. The first kappa shape index (κ1) is 13.0. The molecule has 1 amide bonds. The van der Waals surface area contributed by atoms with E-state index in [0.29, 0.717) is 5.56 Å². The molecule has 5 nitrogen and oxygen atoms in total. The van der Waals surface area contributed by atoms with Gasteiger partial charge in [-0.1, -0.05) is 13.8 Å². The number of methoxy groups -OCH3 is 1. The van der Waals surface area contributed by atoms with E-state index in [2.05, 4.69) is 10.3 Å². The lowest BCUT2D eigenvalue weighted by Crippen LogP contribution is -2.24. The fourth-order valence-corrected chi connectivity index (χ4v) is 1.32. The van der Waals surface area contributed by atoms with Crippen LogP contribution in [0, 0.1) is 11.3 Å². The van der Waals surface area contributed by atoms with Crippen molar-refractivity contribution in [2.24, 2.45) is 0 Å². The van der Waals surface area contributed by atoms with Crippen LogP contribution in [-0.2, 0) is 0 Å². The predicted molar refractivity (Wildman–Crippen MR) is 62.8 cm³/mol. The van der Waals surface area contributed by atoms with Crippen LogP contribution in [-0.4, -0.2) is 24.5 Å². The quantitative estimate of drug-likeness (QED) is 0.799. The topological polar surface area (TPSA) is 75.0 Å². The molecule has 0 atom stereocenters. The molecule has 0 saturated heterocycles. The van der Waals surface area contributed by atoms with E-state index in [4.69, 9.17) is 10.00 Å². The third kappa shape index (κ3) is 3.18. The van der Waals surface area contributed by atoms with E-state index in [1.54, 1.807) is 12.3 Å². The number of rotatable bonds is 4. The van der Waals surface area contributed by atoms with Crippen molar-refractivity contribution >= 4 is 5.91 Å². The van der Waals surface area contributed by atoms with Gasteiger partial charge in [-0.2, -0.15) is 5.26 Å². The number of pyridine rings is 1. The Balaban J connectivity index is 3.06. The second-order valence-electron chi connectivity index (χ2n) is 3.82. The summed E-state index contributed by atoms with van der Waals surface area (Å²) in [4.78, 5) is 15.9. The van der Waals surface area contributed by atoms with Gasteiger partial charge in [0.15, 0.2) is 0 Å². The molecule has 1 aromatic rings. The summed E-state index contributed by atoms with van der Waals surface area (Å²) in [7, 11) is 1.46. The fourth-order valence-electron chi connectivity index (χ4n) is 1.32. The average Bonchev–Trinajstić information content (AvgIpc) is 2.34. The highest BCUT2D eigenvalue weighted by atomic mass is 16.5. The van der Waals surface area contributed by atoms with Gasteiger partial charge < -0.3 is 10.1 Å². The first-order valence-corrected chi connectivity index (χ1v) is 5.29. The molecule has 1 aromatic heterocycles. The van der Waals surface area contributed by atoms with E-state index in [0.717, 1.165) is 5.56 Å². The number of carbonyl (C=O) groups excluding carboxylic acids is 1. The van der Waals surface area contributed by atoms with Gasteiger partial charge in [0.2, 0.25) is 5.88 Å². The molecule has 1 rings (SSSR count). The standard InChI is InChI=1S/C12H15N3O2/c1-8(2)9-6-10(11(16)14-5-4-13)12(17-3)15-7-9/h6-8H,5H2,1-3H3,(H,14,16). The molecule has 17 heavy (non-hydrogen) atoms. The number of hydrogen-bond acceptors (Lipinski definition) is 4. The van der Waals surface area contributed by atoms with Crippen LogP contribution in [0.5, 0.6) is 5.88 Å². The zero-order valence-corrected chi connectivity index (χ0v) is 10.2. The number of nitriles is 1. The molecule has 0 aromatic carbocycles. The van der Waals surface area contributed by atoms with Crippen molar-refractivity contribution < 1.29 is 9.53 Å². The molecule has 0 aliphatic rings. The molecular formula is C12H15N3O2. The Morgan fingerprint density at radius 3 is 2.88 bits per heavy atom. The molecule has 0 bridgehead atoms. The smallest absolute Gasteiger partial charge is 0.257 e. The maximum atomic E-state index is 11.8. The zero-order chi connectivity index (χ0) is 12.8. The van der Waals surface area contributed by atoms with Gasteiger partial charge in [-0.15, -0.1) is 0 Å². The summed E-state index contributed by atoms with van der Waals surface area (Å²) < 4.78 is 5.03. The van der Waals surface area contributed by atoms with Gasteiger partial charge in [0, 0.05) is 6.20 Å². The third-order valence-electron chi connectivity index (χ3n) is 2.30. The van der Waals surface area contributed by atoms with Gasteiger partial charge in [-0.3, -0.25) is 4.79 Å². The maximum absolute atomic E-state index is 11.8. The van der Waals surface area contributed by atoms with E-state index >= 15 is 0 Å². The van der Waals surface area contributed by atoms with E-state index < -0.39 is 0 Å². The normalized spacial score (nSPS) is 9.82. The van der Waals surface area contributed by atoms with Crippen molar-refractivity contribution in [2.45, 2.75) is 19.8 Å². The van der Waals surface area contributed by atoms with Gasteiger partial charge >= 0.3 is 0 Å². The lowest BCUT2D eigenvalue weighted by Gasteiger charge is -2.10. The highest BCUT2D eigenvalue weighted by molar-refractivity contribution is 5.96. The lowest BCUT2D eigenvalue weighted by atomic mass is 10.0. The minimum absolute atomic E-state index is 0.0338. The Bertz CT molecular complexity index is 450. The highest BCUT2D eigenvalue weighted by Gasteiger charge is 2.15. The Labute approximate surface area is 100 Å². The van der Waals surface area contributed by atoms with E-state index in [1.807, 2.05) is 19.9 Å². The number of aromatic nitrogens is 1. The van der Waals surface area contributed by atoms with Crippen LogP contribution in [0.4, 0.5) is 0 Å². The number of ether oxygens (including phenoxy) is 1. The first-order chi connectivity index (χ1) is 8.10. The molecule has 0 fully saturated rings. The molecule has 0 aliphatic heterocycles. The van der Waals surface area contributed by atoms with Crippen LogP contribution in [0.3, 0.4) is 0 Å². The lowest BCUT2D eigenvalue weighted by molar-refractivity contribution is 0.0954. The predicted octanol–water partition coefficient (Wildman–Crippen LogP) is 1.47. The number of amides is 1. The fraction of sp³-hybridized carbons (Fsp3) is 0.417. The largest absolute Gasteiger partial charge is 0.480 e. The van der Waals surface area contributed by atoms with Crippen molar-refractivity contribution in [3.05, 3.63) is 23.4 Å². The minimum atomic E-state index is -0.349. The maximum Gasteiger partial charge on any atom is 0.257 e. The monoisotopic (exact) mass is 233 g/mol. The van der Waals surface area contributed by atoms with Crippen molar-refractivity contribution in [1.29, 1.82) is 5.26 Å². The van der Waals surface area contributed by atoms with E-state index in [1.165, 1.54) is 7.11 Å². The van der Waals surface area contributed by atoms with Crippen molar-refractivity contribution in [2.75, 3.05) is 13.7 Å². The second kappa shape index (κ2) is 5.85. The molecular weight excluding hydrogens is 218 g/mol. The first-order valence-electron chi connectivity index (χ1n) is 5.29. The molecule has 1 N–H and O–H groups in total. The van der Waals surface area contributed by atoms with Crippen molar-refractivity contribution in [1.82, 2.24) is 10.3 Å². The van der Waals surface area contributed by atoms with Gasteiger partial charge in [0.05, 0.1) is 13.2 Å². The number of carbonyl (C=O) groups is 1. The molecule has 1 heterocycles. The number of nitrogens with one attached hydrogen (secondary N) is 1. The number of nitrogens with zero attached hydrogens (tertiary/aromatic N) is 2. The van der Waals surface area contributed by atoms with Gasteiger partial charge in [-0.05, 0) is 17.5 Å². The number of hydrogen-bond donors (Lipinski definition) is 1. The van der Waals surface area contributed by atoms with Crippen LogP contribution in [0.15, 0.2) is 12.3 Å². The minimum Gasteiger partial charge on any atom is -0.480 e. The third-order valence-corrected chi connectivity index (χ3v) is 2.30. The molecule has 5 heteroatoms. The van der Waals surface area contributed by atoms with Crippen molar-refractivity contribution in [3.63, 3.8) is 0 Å². The Morgan fingerprint density at radius 2 is 2.35 bits per heavy atom. The summed E-state index contributed by atoms with van der Waals surface area (Å²) in [5.74, 6) is 0.194. The van der Waals surface area contributed by atoms with Gasteiger partial charge in [-0.25, -0.2) is 4.98 Å². The van der Waals surface area contributed by atoms with Crippen LogP contribution in [0.1, 0.15) is 35.7 Å². The summed E-state index contributed by atoms with van der Waals surface area (Å²) in [6.45, 7) is 3.99. The summed E-state index contributed by atoms with van der Waals surface area (Å²) >= 11 is 0. The van der Waals surface area contributed by atoms with E-state index in [9.17, 15) is 4.79 Å². The second-order valence-corrected chi connectivity index (χ2v) is 3.82. The van der Waals surface area contributed by atoms with Crippen molar-refractivity contribution in [3.8, 4) is 11.9 Å². The Hall–Kier alpha value is -2.09. The molecule has 0 spiro atoms. The van der Waals surface area contributed by atoms with Crippen LogP contribution >= 0.6 is 0 Å². The van der Waals surface area contributed by atoms with Crippen LogP contribution in [0.2, 0.25) is 0 Å². The van der Waals surface area contributed by atoms with Crippen LogP contribution < -0.4 is 10.1 Å². The summed E-state index contributed by atoms with van der Waals surface area (Å²) in [5.41, 5.74) is 1.31. The van der Waals surface area contributed by atoms with Gasteiger partial charge in [0.1, 0.15) is 12.1 Å². The molecule has 0 aliphatic carbocycles. The van der Waals surface area contributed by atoms with Crippen LogP contribution in [0.25, 0.3) is 0 Å². The van der Waals surface area contributed by atoms with Gasteiger partial charge in [0.25, 0.3) is 5.91 Å². The molecule has 0 unspecified atom stereocenters. The van der Waals surface area contributed by atoms with E-state index in [-0.39, 0.29) is 24.2 Å². The highest BCUT2D eigenvalue weighted by Crippen LogP contribution is 2.21. The Kier molecular flexibility index (Phi) is 4.46. The molecule has 0 saturated carbocycles. The summed E-state index contributed by atoms with van der Waals surface area (Å²) in [6, 6.07) is 3.59. The summed E-state index contributed by atoms with van der Waals surface area (Å²) in [6.07, 6.45) is 1.69. The average molecular weight is 233 g/mol. The zero-order valence-electron chi connectivity index (χ0n) is 10.2.